The van der Waals surface area contributed by atoms with Crippen LogP contribution in [0.2, 0.25) is 0 Å². The van der Waals surface area contributed by atoms with Crippen LogP contribution >= 0.6 is 15.9 Å². The maximum atomic E-state index is 5.58. The molecule has 2 heterocycles. The van der Waals surface area contributed by atoms with E-state index in [9.17, 15) is 0 Å². The lowest BCUT2D eigenvalue weighted by molar-refractivity contribution is 0.241. The number of hydrogen-bond donors (Lipinski definition) is 0. The molecule has 96 valence electrons. The standard InChI is InChI=1S/C13H9BrN2O3/c14-9-4-1-2-5-10(9)18-8-12-15-13(16-19-12)11-6-3-7-17-11/h1-7H,8H2. The van der Waals surface area contributed by atoms with Crippen molar-refractivity contribution in [3.63, 3.8) is 0 Å². The highest BCUT2D eigenvalue weighted by Gasteiger charge is 2.11. The van der Waals surface area contributed by atoms with Crippen molar-refractivity contribution in [2.45, 2.75) is 6.61 Å². The first-order valence-corrected chi connectivity index (χ1v) is 6.36. The molecule has 5 nitrogen and oxygen atoms in total. The summed E-state index contributed by atoms with van der Waals surface area (Å²) in [6, 6.07) is 11.1. The minimum absolute atomic E-state index is 0.205. The molecule has 0 saturated heterocycles. The van der Waals surface area contributed by atoms with Gasteiger partial charge in [-0.25, -0.2) is 0 Å². The second-order valence-corrected chi connectivity index (χ2v) is 4.56. The molecule has 6 heteroatoms. The van der Waals surface area contributed by atoms with E-state index in [1.807, 2.05) is 24.3 Å². The van der Waals surface area contributed by atoms with Crippen molar-refractivity contribution in [1.29, 1.82) is 0 Å². The number of benzene rings is 1. The fraction of sp³-hybridized carbons (Fsp3) is 0.0769. The quantitative estimate of drug-likeness (QED) is 0.734. The van der Waals surface area contributed by atoms with Gasteiger partial charge in [-0.3, -0.25) is 0 Å². The molecule has 0 N–H and O–H groups in total. The summed E-state index contributed by atoms with van der Waals surface area (Å²) in [5.74, 6) is 2.09. The molecule has 0 bridgehead atoms. The lowest BCUT2D eigenvalue weighted by atomic mass is 10.3. The minimum Gasteiger partial charge on any atom is -0.483 e. The van der Waals surface area contributed by atoms with Gasteiger partial charge in [-0.2, -0.15) is 4.98 Å². The first-order chi connectivity index (χ1) is 9.33. The van der Waals surface area contributed by atoms with Crippen molar-refractivity contribution in [2.75, 3.05) is 0 Å². The summed E-state index contributed by atoms with van der Waals surface area (Å²) in [5, 5.41) is 3.82. The predicted octanol–water partition coefficient (Wildman–Crippen LogP) is 3.67. The molecule has 1 aromatic carbocycles. The molecule has 0 atom stereocenters. The van der Waals surface area contributed by atoms with Gasteiger partial charge in [0, 0.05) is 0 Å². The molecule has 3 aromatic rings. The van der Waals surface area contributed by atoms with E-state index in [-0.39, 0.29) is 6.61 Å². The highest BCUT2D eigenvalue weighted by Crippen LogP contribution is 2.24. The van der Waals surface area contributed by atoms with Gasteiger partial charge in [0.15, 0.2) is 12.4 Å². The van der Waals surface area contributed by atoms with Crippen LogP contribution in [0.25, 0.3) is 11.6 Å². The largest absolute Gasteiger partial charge is 0.483 e. The first-order valence-electron chi connectivity index (χ1n) is 5.57. The summed E-state index contributed by atoms with van der Waals surface area (Å²) < 4.78 is 16.7. The summed E-state index contributed by atoms with van der Waals surface area (Å²) in [5.41, 5.74) is 0. The van der Waals surface area contributed by atoms with E-state index in [2.05, 4.69) is 26.1 Å². The molecule has 0 saturated carbocycles. The van der Waals surface area contributed by atoms with Crippen molar-refractivity contribution in [3.05, 3.63) is 53.0 Å². The second-order valence-electron chi connectivity index (χ2n) is 3.71. The van der Waals surface area contributed by atoms with Crippen LogP contribution in [-0.4, -0.2) is 10.1 Å². The first kappa shape index (κ1) is 12.0. The zero-order valence-electron chi connectivity index (χ0n) is 9.75. The van der Waals surface area contributed by atoms with Crippen LogP contribution < -0.4 is 4.74 Å². The molecule has 0 radical (unpaired) electrons. The third-order valence-electron chi connectivity index (χ3n) is 2.40. The van der Waals surface area contributed by atoms with E-state index >= 15 is 0 Å². The number of halogens is 1. The molecule has 19 heavy (non-hydrogen) atoms. The van der Waals surface area contributed by atoms with Crippen LogP contribution in [0.4, 0.5) is 0 Å². The number of para-hydroxylation sites is 1. The van der Waals surface area contributed by atoms with Crippen LogP contribution in [0.5, 0.6) is 5.75 Å². The lowest BCUT2D eigenvalue weighted by Crippen LogP contribution is -1.96. The number of furan rings is 1. The summed E-state index contributed by atoms with van der Waals surface area (Å²) >= 11 is 3.40. The van der Waals surface area contributed by atoms with E-state index in [1.165, 1.54) is 0 Å². The van der Waals surface area contributed by atoms with Crippen LogP contribution in [0, 0.1) is 0 Å². The van der Waals surface area contributed by atoms with Gasteiger partial charge in [0.05, 0.1) is 10.7 Å². The molecule has 0 aliphatic heterocycles. The SMILES string of the molecule is Brc1ccccc1OCc1nc(-c2ccco2)no1. The normalized spacial score (nSPS) is 10.6. The van der Waals surface area contributed by atoms with Gasteiger partial charge in [-0.1, -0.05) is 17.3 Å². The summed E-state index contributed by atoms with van der Waals surface area (Å²) in [7, 11) is 0. The average molecular weight is 321 g/mol. The highest BCUT2D eigenvalue weighted by molar-refractivity contribution is 9.10. The molecule has 0 aliphatic rings. The smallest absolute Gasteiger partial charge is 0.264 e. The van der Waals surface area contributed by atoms with Crippen molar-refractivity contribution in [3.8, 4) is 17.3 Å². The zero-order chi connectivity index (χ0) is 13.1. The molecular formula is C13H9BrN2O3. The fourth-order valence-corrected chi connectivity index (χ4v) is 1.92. The van der Waals surface area contributed by atoms with E-state index in [0.29, 0.717) is 17.5 Å². The number of hydrogen-bond acceptors (Lipinski definition) is 5. The predicted molar refractivity (Wildman–Crippen MR) is 70.5 cm³/mol. The van der Waals surface area contributed by atoms with Crippen molar-refractivity contribution in [1.82, 2.24) is 10.1 Å². The highest BCUT2D eigenvalue weighted by atomic mass is 79.9. The van der Waals surface area contributed by atoms with Crippen LogP contribution in [0.1, 0.15) is 5.89 Å². The van der Waals surface area contributed by atoms with E-state index < -0.39 is 0 Å². The Balaban J connectivity index is 1.70. The maximum absolute atomic E-state index is 5.58. The van der Waals surface area contributed by atoms with Gasteiger partial charge in [0.25, 0.3) is 5.89 Å². The molecule has 3 rings (SSSR count). The molecular weight excluding hydrogens is 312 g/mol. The number of aromatic nitrogens is 2. The minimum atomic E-state index is 0.205. The Morgan fingerprint density at radius 3 is 2.84 bits per heavy atom. The van der Waals surface area contributed by atoms with Gasteiger partial charge in [0.1, 0.15) is 5.75 Å². The van der Waals surface area contributed by atoms with Gasteiger partial charge in [-0.15, -0.1) is 0 Å². The molecule has 0 unspecified atom stereocenters. The third kappa shape index (κ3) is 2.68. The zero-order valence-corrected chi connectivity index (χ0v) is 11.3. The Morgan fingerprint density at radius 1 is 1.16 bits per heavy atom. The van der Waals surface area contributed by atoms with Crippen LogP contribution in [0.15, 0.2) is 56.1 Å². The summed E-state index contributed by atoms with van der Waals surface area (Å²) in [4.78, 5) is 4.19. The van der Waals surface area contributed by atoms with Gasteiger partial charge >= 0.3 is 0 Å². The third-order valence-corrected chi connectivity index (χ3v) is 3.05. The van der Waals surface area contributed by atoms with Crippen molar-refractivity contribution < 1.29 is 13.7 Å². The Kier molecular flexibility index (Phi) is 3.33. The molecule has 0 spiro atoms. The van der Waals surface area contributed by atoms with Crippen molar-refractivity contribution in [2.24, 2.45) is 0 Å². The number of nitrogens with zero attached hydrogens (tertiary/aromatic N) is 2. The number of rotatable bonds is 4. The maximum Gasteiger partial charge on any atom is 0.264 e. The molecule has 0 amide bonds. The van der Waals surface area contributed by atoms with E-state index in [1.54, 1.807) is 18.4 Å². The Hall–Kier alpha value is -2.08. The van der Waals surface area contributed by atoms with Crippen LogP contribution in [0.3, 0.4) is 0 Å². The number of ether oxygens (including phenoxy) is 1. The molecule has 2 aromatic heterocycles. The van der Waals surface area contributed by atoms with Crippen LogP contribution in [-0.2, 0) is 6.61 Å². The molecule has 0 aliphatic carbocycles. The topological polar surface area (TPSA) is 61.3 Å². The molecule has 0 fully saturated rings. The van der Waals surface area contributed by atoms with Gasteiger partial charge in [0.2, 0.25) is 5.82 Å². The summed E-state index contributed by atoms with van der Waals surface area (Å²) in [6.45, 7) is 0.205. The summed E-state index contributed by atoms with van der Waals surface area (Å²) in [6.07, 6.45) is 1.56. The Morgan fingerprint density at radius 2 is 2.05 bits per heavy atom. The van der Waals surface area contributed by atoms with Gasteiger partial charge < -0.3 is 13.7 Å². The van der Waals surface area contributed by atoms with E-state index in [4.69, 9.17) is 13.7 Å². The van der Waals surface area contributed by atoms with E-state index in [0.717, 1.165) is 10.2 Å². The lowest BCUT2D eigenvalue weighted by Gasteiger charge is -2.04. The average Bonchev–Trinajstić information content (AvgIpc) is 3.09. The monoisotopic (exact) mass is 320 g/mol. The Labute approximate surface area is 117 Å². The second kappa shape index (κ2) is 5.27. The van der Waals surface area contributed by atoms with Gasteiger partial charge in [-0.05, 0) is 40.2 Å². The Bertz CT molecular complexity index is 664. The van der Waals surface area contributed by atoms with Crippen molar-refractivity contribution >= 4 is 15.9 Å². The fourth-order valence-electron chi connectivity index (χ4n) is 1.52.